The van der Waals surface area contributed by atoms with Crippen molar-refractivity contribution in [2.45, 2.75) is 223 Å². The molecule has 330 valence electrons. The topological polar surface area (TPSA) is 212 Å². The molecule has 1 amide bonds. The van der Waals surface area contributed by atoms with Crippen molar-refractivity contribution in [2.24, 2.45) is 0 Å². The van der Waals surface area contributed by atoms with Gasteiger partial charge in [-0.25, -0.2) is 4.18 Å². The van der Waals surface area contributed by atoms with Gasteiger partial charge < -0.3 is 40.3 Å². The molecule has 56 heavy (non-hydrogen) atoms. The third-order valence-corrected chi connectivity index (χ3v) is 10.8. The SMILES string of the molecule is CCCCCC/C=C/C(O)C(COC1OC(CO)C(O)C(OS(=O)(=O)O)C1O)NC(=O)C(O)CCCCCCCC/C=C\CCCCCCCCCCCCC. The zero-order valence-corrected chi connectivity index (χ0v) is 35.4. The Hall–Kier alpha value is -1.46. The predicted octanol–water partition coefficient (Wildman–Crippen LogP) is 6.74. The highest BCUT2D eigenvalue weighted by molar-refractivity contribution is 7.80. The van der Waals surface area contributed by atoms with E-state index in [0.29, 0.717) is 12.8 Å². The number of carbonyl (C=O) groups excluding carboxylic acids is 1. The van der Waals surface area contributed by atoms with E-state index in [1.165, 1.54) is 83.1 Å². The Bertz CT molecular complexity index is 1120. The predicted molar refractivity (Wildman–Crippen MR) is 219 cm³/mol. The molecule has 7 N–H and O–H groups in total. The second-order valence-electron chi connectivity index (χ2n) is 15.4. The van der Waals surface area contributed by atoms with Gasteiger partial charge >= 0.3 is 10.4 Å². The van der Waals surface area contributed by atoms with Crippen molar-refractivity contribution in [2.75, 3.05) is 13.2 Å². The molecule has 8 atom stereocenters. The Balaban J connectivity index is 2.43. The highest BCUT2D eigenvalue weighted by atomic mass is 32.3. The Morgan fingerprint density at radius 2 is 1.18 bits per heavy atom. The van der Waals surface area contributed by atoms with E-state index in [0.717, 1.165) is 64.2 Å². The summed E-state index contributed by atoms with van der Waals surface area (Å²) in [5.74, 6) is -0.713. The van der Waals surface area contributed by atoms with Crippen LogP contribution >= 0.6 is 0 Å². The molecule has 0 saturated carbocycles. The number of carbonyl (C=O) groups is 1. The molecule has 0 aromatic carbocycles. The highest BCUT2D eigenvalue weighted by Crippen LogP contribution is 2.26. The number of ether oxygens (including phenoxy) is 2. The van der Waals surface area contributed by atoms with E-state index in [9.17, 15) is 38.7 Å². The summed E-state index contributed by atoms with van der Waals surface area (Å²) in [6.07, 6.45) is 24.7. The van der Waals surface area contributed by atoms with Crippen molar-refractivity contribution in [3.8, 4) is 0 Å². The van der Waals surface area contributed by atoms with Gasteiger partial charge in [-0.2, -0.15) is 8.42 Å². The summed E-state index contributed by atoms with van der Waals surface area (Å²) in [6.45, 7) is 3.10. The molecule has 1 aliphatic rings. The van der Waals surface area contributed by atoms with Gasteiger partial charge in [0.15, 0.2) is 6.29 Å². The quantitative estimate of drug-likeness (QED) is 0.0199. The monoisotopic (exact) mass is 822 g/mol. The summed E-state index contributed by atoms with van der Waals surface area (Å²) in [5.41, 5.74) is 0. The van der Waals surface area contributed by atoms with Crippen LogP contribution in [0.15, 0.2) is 24.3 Å². The molecule has 1 heterocycles. The first kappa shape index (κ1) is 52.6. The summed E-state index contributed by atoms with van der Waals surface area (Å²) in [5, 5.41) is 54.7. The van der Waals surface area contributed by atoms with Crippen molar-refractivity contribution < 1.29 is 57.0 Å². The smallest absolute Gasteiger partial charge is 0.394 e. The Labute approximate surface area is 338 Å². The minimum Gasteiger partial charge on any atom is -0.394 e. The Morgan fingerprint density at radius 1 is 0.714 bits per heavy atom. The van der Waals surface area contributed by atoms with Crippen LogP contribution < -0.4 is 5.32 Å². The van der Waals surface area contributed by atoms with E-state index in [-0.39, 0.29) is 6.42 Å². The lowest BCUT2D eigenvalue weighted by atomic mass is 9.99. The molecule has 1 saturated heterocycles. The van der Waals surface area contributed by atoms with Crippen molar-refractivity contribution in [1.29, 1.82) is 0 Å². The summed E-state index contributed by atoms with van der Waals surface area (Å²) in [7, 11) is -5.11. The molecule has 0 aromatic heterocycles. The van der Waals surface area contributed by atoms with E-state index in [1.54, 1.807) is 6.08 Å². The number of hydrogen-bond acceptors (Lipinski definition) is 11. The summed E-state index contributed by atoms with van der Waals surface area (Å²) >= 11 is 0. The van der Waals surface area contributed by atoms with Crippen LogP contribution in [-0.2, 0) is 28.9 Å². The van der Waals surface area contributed by atoms with Crippen LogP contribution in [0.1, 0.15) is 174 Å². The second kappa shape index (κ2) is 33.4. The lowest BCUT2D eigenvalue weighted by Gasteiger charge is -2.41. The van der Waals surface area contributed by atoms with Gasteiger partial charge in [0.1, 0.15) is 30.5 Å². The number of aliphatic hydroxyl groups is 5. The molecular weight excluding hydrogens is 743 g/mol. The Morgan fingerprint density at radius 3 is 1.68 bits per heavy atom. The maximum atomic E-state index is 13.0. The average Bonchev–Trinajstić information content (AvgIpc) is 3.16. The Kier molecular flexibility index (Phi) is 31.3. The number of rotatable bonds is 36. The van der Waals surface area contributed by atoms with Gasteiger partial charge in [-0.05, 0) is 44.9 Å². The fourth-order valence-corrected chi connectivity index (χ4v) is 7.32. The van der Waals surface area contributed by atoms with Crippen LogP contribution in [-0.4, -0.2) is 107 Å². The van der Waals surface area contributed by atoms with Gasteiger partial charge in [-0.15, -0.1) is 0 Å². The van der Waals surface area contributed by atoms with E-state index >= 15 is 0 Å². The molecule has 0 radical (unpaired) electrons. The van der Waals surface area contributed by atoms with Crippen LogP contribution in [0.4, 0.5) is 0 Å². The van der Waals surface area contributed by atoms with E-state index in [2.05, 4.69) is 35.5 Å². The maximum absolute atomic E-state index is 13.0. The van der Waals surface area contributed by atoms with Gasteiger partial charge in [-0.1, -0.05) is 154 Å². The van der Waals surface area contributed by atoms with Crippen molar-refractivity contribution in [3.63, 3.8) is 0 Å². The maximum Gasteiger partial charge on any atom is 0.397 e. The first-order chi connectivity index (χ1) is 26.9. The molecule has 1 rings (SSSR count). The number of nitrogens with one attached hydrogen (secondary N) is 1. The number of aliphatic hydroxyl groups excluding tert-OH is 5. The number of unbranched alkanes of at least 4 members (excludes halogenated alkanes) is 21. The first-order valence-corrected chi connectivity index (χ1v) is 23.2. The third kappa shape index (κ3) is 25.8. The van der Waals surface area contributed by atoms with Gasteiger partial charge in [0.05, 0.1) is 25.4 Å². The van der Waals surface area contributed by atoms with Crippen molar-refractivity contribution >= 4 is 16.3 Å². The van der Waals surface area contributed by atoms with Gasteiger partial charge in [-0.3, -0.25) is 9.35 Å². The first-order valence-electron chi connectivity index (χ1n) is 21.8. The molecule has 0 bridgehead atoms. The van der Waals surface area contributed by atoms with Crippen molar-refractivity contribution in [3.05, 3.63) is 24.3 Å². The molecule has 1 fully saturated rings. The summed E-state index contributed by atoms with van der Waals surface area (Å²) < 4.78 is 47.2. The largest absolute Gasteiger partial charge is 0.397 e. The van der Waals surface area contributed by atoms with Gasteiger partial charge in [0.2, 0.25) is 5.91 Å². The molecule has 14 heteroatoms. The van der Waals surface area contributed by atoms with Crippen LogP contribution in [0.5, 0.6) is 0 Å². The van der Waals surface area contributed by atoms with Crippen molar-refractivity contribution in [1.82, 2.24) is 5.32 Å². The highest BCUT2D eigenvalue weighted by Gasteiger charge is 2.48. The summed E-state index contributed by atoms with van der Waals surface area (Å²) in [6, 6.07) is -1.12. The number of hydrogen-bond donors (Lipinski definition) is 7. The minimum atomic E-state index is -5.11. The molecule has 8 unspecified atom stereocenters. The zero-order chi connectivity index (χ0) is 41.4. The third-order valence-electron chi connectivity index (χ3n) is 10.3. The lowest BCUT2D eigenvalue weighted by molar-refractivity contribution is -0.298. The van der Waals surface area contributed by atoms with Crippen LogP contribution in [0.2, 0.25) is 0 Å². The fraction of sp³-hybridized carbons (Fsp3) is 0.881. The van der Waals surface area contributed by atoms with E-state index in [1.807, 2.05) is 0 Å². The molecular formula is C42H79NO12S. The van der Waals surface area contributed by atoms with Crippen LogP contribution in [0, 0.1) is 0 Å². The molecule has 0 aliphatic carbocycles. The van der Waals surface area contributed by atoms with E-state index in [4.69, 9.17) is 14.0 Å². The zero-order valence-electron chi connectivity index (χ0n) is 34.6. The standard InChI is InChI=1S/C42H79NO12S/c1-3-5-7-9-11-12-13-14-15-16-17-18-19-20-21-22-23-24-25-27-29-31-36(46)41(49)43-34(35(45)30-28-26-10-8-6-4-2)33-53-42-39(48)40(55-56(50,51)52)38(47)37(32-44)54-42/h19-20,28,30,34-40,42,44-48H,3-18,21-27,29,31-33H2,1-2H3,(H,43,49)(H,50,51,52)/b20-19-,30-28+. The molecule has 0 aromatic rings. The number of amides is 1. The van der Waals surface area contributed by atoms with Gasteiger partial charge in [0.25, 0.3) is 0 Å². The molecule has 0 spiro atoms. The van der Waals surface area contributed by atoms with E-state index < -0.39 is 78.5 Å². The fourth-order valence-electron chi connectivity index (χ4n) is 6.81. The molecule has 13 nitrogen and oxygen atoms in total. The lowest BCUT2D eigenvalue weighted by Crippen LogP contribution is -2.61. The molecule has 1 aliphatic heterocycles. The average molecular weight is 822 g/mol. The minimum absolute atomic E-state index is 0.236. The van der Waals surface area contributed by atoms with Gasteiger partial charge in [0, 0.05) is 0 Å². The number of allylic oxidation sites excluding steroid dienone is 3. The second-order valence-corrected chi connectivity index (χ2v) is 16.5. The van der Waals surface area contributed by atoms with Crippen LogP contribution in [0.25, 0.3) is 0 Å². The normalized spacial score (nSPS) is 22.2. The van der Waals surface area contributed by atoms with Crippen LogP contribution in [0.3, 0.4) is 0 Å². The summed E-state index contributed by atoms with van der Waals surface area (Å²) in [4.78, 5) is 13.0.